The number of hydrogen-bond acceptors (Lipinski definition) is 5. The van der Waals surface area contributed by atoms with Crippen LogP contribution >= 0.6 is 0 Å². The zero-order chi connectivity index (χ0) is 22.7. The van der Waals surface area contributed by atoms with E-state index in [2.05, 4.69) is 6.92 Å². The topological polar surface area (TPSA) is 66.8 Å². The fraction of sp³-hybridized carbons (Fsp3) is 0.308. The Hall–Kier alpha value is -3.54. The average Bonchev–Trinajstić information content (AvgIpc) is 2.97. The fourth-order valence-corrected chi connectivity index (χ4v) is 4.25. The molecule has 4 rings (SSSR count). The fourth-order valence-electron chi connectivity index (χ4n) is 4.25. The van der Waals surface area contributed by atoms with Crippen LogP contribution in [0.2, 0.25) is 0 Å². The number of aryl methyl sites for hydroxylation is 1. The molecule has 2 aromatic carbocycles. The van der Waals surface area contributed by atoms with Crippen LogP contribution < -0.4 is 14.9 Å². The van der Waals surface area contributed by atoms with E-state index in [9.17, 15) is 9.59 Å². The molecule has 0 fully saturated rings. The van der Waals surface area contributed by atoms with Crippen LogP contribution in [-0.2, 0) is 17.8 Å². The first-order valence-corrected chi connectivity index (χ1v) is 10.8. The van der Waals surface area contributed by atoms with Crippen molar-refractivity contribution in [3.63, 3.8) is 0 Å². The van der Waals surface area contributed by atoms with Crippen molar-refractivity contribution in [3.8, 4) is 22.8 Å². The predicted octanol–water partition coefficient (Wildman–Crippen LogP) is 4.79. The van der Waals surface area contributed by atoms with Crippen molar-refractivity contribution in [2.24, 2.45) is 0 Å². The van der Waals surface area contributed by atoms with Crippen molar-refractivity contribution in [1.82, 2.24) is 4.57 Å². The Bertz CT molecular complexity index is 1180. The highest BCUT2D eigenvalue weighted by Gasteiger charge is 2.25. The molecule has 32 heavy (non-hydrogen) atoms. The summed E-state index contributed by atoms with van der Waals surface area (Å²) in [6.45, 7) is 2.54. The van der Waals surface area contributed by atoms with Gasteiger partial charge in [0.15, 0.2) is 16.9 Å². The largest absolute Gasteiger partial charge is 0.493 e. The van der Waals surface area contributed by atoms with E-state index in [1.165, 1.54) is 13.2 Å². The highest BCUT2D eigenvalue weighted by Crippen LogP contribution is 2.40. The molecule has 6 nitrogen and oxygen atoms in total. The summed E-state index contributed by atoms with van der Waals surface area (Å²) in [6, 6.07) is 15.6. The molecule has 0 amide bonds. The number of methoxy groups -OCH3 is 2. The number of pyridine rings is 1. The Labute approximate surface area is 187 Å². The molecular weight excluding hydrogens is 406 g/mol. The van der Waals surface area contributed by atoms with Crippen molar-refractivity contribution < 1.29 is 19.0 Å². The number of fused-ring (bicyclic) bond motifs is 3. The highest BCUT2D eigenvalue weighted by atomic mass is 16.5. The first-order chi connectivity index (χ1) is 15.5. The molecule has 1 atom stereocenters. The van der Waals surface area contributed by atoms with Crippen LogP contribution in [-0.4, -0.2) is 24.8 Å². The molecule has 0 aliphatic carbocycles. The number of carbonyl (C=O) groups excluding carboxylic acids is 1. The summed E-state index contributed by atoms with van der Waals surface area (Å²) in [7, 11) is 2.89. The lowest BCUT2D eigenvalue weighted by Gasteiger charge is -2.21. The van der Waals surface area contributed by atoms with Crippen molar-refractivity contribution in [1.29, 1.82) is 0 Å². The normalized spacial score (nSPS) is 14.7. The molecular formula is C26H27NO5. The Morgan fingerprint density at radius 2 is 1.88 bits per heavy atom. The average molecular weight is 434 g/mol. The third kappa shape index (κ3) is 4.13. The van der Waals surface area contributed by atoms with Crippen LogP contribution in [0, 0.1) is 0 Å². The van der Waals surface area contributed by atoms with Gasteiger partial charge in [0, 0.05) is 23.9 Å². The number of aromatic nitrogens is 1. The Morgan fingerprint density at radius 1 is 1.09 bits per heavy atom. The number of carbonyl (C=O) groups is 1. The lowest BCUT2D eigenvalue weighted by Crippen LogP contribution is -2.21. The molecule has 0 radical (unpaired) electrons. The molecule has 0 spiro atoms. The number of ether oxygens (including phenoxy) is 3. The molecule has 0 saturated heterocycles. The minimum atomic E-state index is -0.619. The molecule has 1 aromatic heterocycles. The monoisotopic (exact) mass is 433 g/mol. The second kappa shape index (κ2) is 9.30. The lowest BCUT2D eigenvalue weighted by atomic mass is 9.99. The zero-order valence-electron chi connectivity index (χ0n) is 18.6. The minimum absolute atomic E-state index is 0.0490. The van der Waals surface area contributed by atoms with E-state index in [4.69, 9.17) is 14.2 Å². The third-order valence-electron chi connectivity index (χ3n) is 6.00. The van der Waals surface area contributed by atoms with Crippen LogP contribution in [0.25, 0.3) is 11.3 Å². The molecule has 3 aromatic rings. The van der Waals surface area contributed by atoms with Crippen molar-refractivity contribution in [3.05, 3.63) is 81.6 Å². The SMILES string of the molecule is CCC1CCc2cc(OCc3ccccc3)c(OC)cc2-c2cc(=O)c(C(=O)OC)cn21. The molecule has 6 heteroatoms. The molecule has 0 bridgehead atoms. The van der Waals surface area contributed by atoms with E-state index < -0.39 is 5.97 Å². The maximum Gasteiger partial charge on any atom is 0.343 e. The second-order valence-electron chi connectivity index (χ2n) is 7.87. The van der Waals surface area contributed by atoms with E-state index >= 15 is 0 Å². The number of nitrogens with zero attached hydrogens (tertiary/aromatic N) is 1. The van der Waals surface area contributed by atoms with Crippen LogP contribution in [0.5, 0.6) is 11.5 Å². The lowest BCUT2D eigenvalue weighted by molar-refractivity contribution is 0.0598. The molecule has 1 aliphatic heterocycles. The first kappa shape index (κ1) is 21.7. The van der Waals surface area contributed by atoms with E-state index in [-0.39, 0.29) is 17.0 Å². The van der Waals surface area contributed by atoms with Crippen molar-refractivity contribution in [2.75, 3.05) is 14.2 Å². The Morgan fingerprint density at radius 3 is 2.56 bits per heavy atom. The number of rotatable bonds is 6. The first-order valence-electron chi connectivity index (χ1n) is 10.8. The zero-order valence-corrected chi connectivity index (χ0v) is 18.6. The molecule has 166 valence electrons. The van der Waals surface area contributed by atoms with E-state index in [1.54, 1.807) is 13.3 Å². The summed E-state index contributed by atoms with van der Waals surface area (Å²) in [5.41, 5.74) is 3.54. The second-order valence-corrected chi connectivity index (χ2v) is 7.87. The summed E-state index contributed by atoms with van der Waals surface area (Å²) in [5, 5.41) is 0. The predicted molar refractivity (Wildman–Crippen MR) is 122 cm³/mol. The quantitative estimate of drug-likeness (QED) is 0.523. The number of hydrogen-bond donors (Lipinski definition) is 0. The van der Waals surface area contributed by atoms with E-state index in [0.717, 1.165) is 41.6 Å². The van der Waals surface area contributed by atoms with Crippen molar-refractivity contribution in [2.45, 2.75) is 38.8 Å². The van der Waals surface area contributed by atoms with E-state index in [1.807, 2.05) is 47.0 Å². The van der Waals surface area contributed by atoms with Gasteiger partial charge in [-0.2, -0.15) is 0 Å². The summed E-state index contributed by atoms with van der Waals surface area (Å²) >= 11 is 0. The minimum Gasteiger partial charge on any atom is -0.493 e. The Balaban J connectivity index is 1.79. The molecule has 0 saturated carbocycles. The van der Waals surface area contributed by atoms with E-state index in [0.29, 0.717) is 18.1 Å². The summed E-state index contributed by atoms with van der Waals surface area (Å²) in [5.74, 6) is 0.655. The van der Waals surface area contributed by atoms with Gasteiger partial charge >= 0.3 is 5.97 Å². The smallest absolute Gasteiger partial charge is 0.343 e. The van der Waals surface area contributed by atoms with Crippen LogP contribution in [0.4, 0.5) is 0 Å². The molecule has 1 aliphatic rings. The third-order valence-corrected chi connectivity index (χ3v) is 6.00. The van der Waals surface area contributed by atoms with Crippen LogP contribution in [0.3, 0.4) is 0 Å². The van der Waals surface area contributed by atoms with Crippen molar-refractivity contribution >= 4 is 5.97 Å². The van der Waals surface area contributed by atoms with Gasteiger partial charge in [0.1, 0.15) is 12.2 Å². The van der Waals surface area contributed by atoms with Gasteiger partial charge in [-0.3, -0.25) is 4.79 Å². The van der Waals surface area contributed by atoms with Gasteiger partial charge in [-0.25, -0.2) is 4.79 Å². The van der Waals surface area contributed by atoms with Gasteiger partial charge in [0.25, 0.3) is 0 Å². The van der Waals surface area contributed by atoms with Gasteiger partial charge in [0.2, 0.25) is 0 Å². The number of benzene rings is 2. The Kier molecular flexibility index (Phi) is 6.30. The van der Waals surface area contributed by atoms with Gasteiger partial charge in [0.05, 0.1) is 19.9 Å². The summed E-state index contributed by atoms with van der Waals surface area (Å²) < 4.78 is 18.6. The van der Waals surface area contributed by atoms with Gasteiger partial charge in [-0.1, -0.05) is 37.3 Å². The molecule has 0 N–H and O–H groups in total. The molecule has 1 unspecified atom stereocenters. The number of esters is 1. The van der Waals surface area contributed by atoms with Gasteiger partial charge in [-0.15, -0.1) is 0 Å². The van der Waals surface area contributed by atoms with Gasteiger partial charge in [-0.05, 0) is 42.5 Å². The summed E-state index contributed by atoms with van der Waals surface area (Å²) in [4.78, 5) is 24.8. The van der Waals surface area contributed by atoms with Crippen LogP contribution in [0.1, 0.15) is 47.3 Å². The standard InChI is InChI=1S/C26H27NO5/c1-4-19-11-10-18-12-25(32-16-17-8-6-5-7-9-17)24(30-2)13-20(18)22-14-23(28)21(15-27(19)22)26(29)31-3/h5-9,12-15,19H,4,10-11,16H2,1-3H3. The highest BCUT2D eigenvalue weighted by molar-refractivity contribution is 5.89. The molecule has 2 heterocycles. The van der Waals surface area contributed by atoms with Crippen LogP contribution in [0.15, 0.2) is 59.5 Å². The van der Waals surface area contributed by atoms with Gasteiger partial charge < -0.3 is 18.8 Å². The maximum absolute atomic E-state index is 12.7. The summed E-state index contributed by atoms with van der Waals surface area (Å²) in [6.07, 6.45) is 4.21. The maximum atomic E-state index is 12.7.